The Morgan fingerprint density at radius 1 is 1.28 bits per heavy atom. The number of piperidine rings is 1. The lowest BCUT2D eigenvalue weighted by Crippen LogP contribution is -2.38. The van der Waals surface area contributed by atoms with Crippen LogP contribution in [-0.2, 0) is 6.54 Å². The first-order valence-electron chi connectivity index (χ1n) is 8.56. The quantitative estimate of drug-likeness (QED) is 0.540. The number of carbonyl (C=O) groups excluding carboxylic acids is 2. The first kappa shape index (κ1) is 18.4. The monoisotopic (exact) mass is 373 g/mol. The van der Waals surface area contributed by atoms with Crippen molar-refractivity contribution in [3.63, 3.8) is 0 Å². The Labute approximate surface area is 157 Å². The minimum atomic E-state index is 0.0693. The van der Waals surface area contributed by atoms with E-state index in [0.717, 1.165) is 42.9 Å². The van der Waals surface area contributed by atoms with E-state index in [0.29, 0.717) is 0 Å². The molecule has 0 aliphatic carbocycles. The van der Waals surface area contributed by atoms with E-state index < -0.39 is 0 Å². The largest absolute Gasteiger partial charge is 0.298 e. The van der Waals surface area contributed by atoms with Gasteiger partial charge in [0.15, 0.2) is 11.6 Å². The van der Waals surface area contributed by atoms with E-state index in [2.05, 4.69) is 10.3 Å². The minimum absolute atomic E-state index is 0.0693. The second-order valence-electron chi connectivity index (χ2n) is 6.54. The highest BCUT2D eigenvalue weighted by atomic mass is 32.2. The molecule has 0 amide bonds. The standard InChI is InChI=1S/C20H23NO2S2/c1-14(22)19-10-15(13-25-19)11-21-9-3-4-17(12-21)20(23)16-5-7-18(24-2)8-6-16/h5-8,10,13,17H,3-4,9,11-12H2,1-2H3/t17-/m1/s1. The predicted molar refractivity (Wildman–Crippen MR) is 105 cm³/mol. The minimum Gasteiger partial charge on any atom is -0.298 e. The summed E-state index contributed by atoms with van der Waals surface area (Å²) in [4.78, 5) is 28.6. The normalized spacial score (nSPS) is 18.2. The molecule has 1 aliphatic heterocycles. The Bertz CT molecular complexity index is 751. The number of Topliss-reactive ketones (excluding diaryl/α,β-unsaturated/α-hetero) is 2. The van der Waals surface area contributed by atoms with Crippen LogP contribution in [0.5, 0.6) is 0 Å². The highest BCUT2D eigenvalue weighted by Gasteiger charge is 2.26. The highest BCUT2D eigenvalue weighted by Crippen LogP contribution is 2.25. The van der Waals surface area contributed by atoms with Crippen LogP contribution < -0.4 is 0 Å². The van der Waals surface area contributed by atoms with Crippen LogP contribution in [0.25, 0.3) is 0 Å². The van der Waals surface area contributed by atoms with Gasteiger partial charge in [-0.15, -0.1) is 23.1 Å². The van der Waals surface area contributed by atoms with Crippen LogP contribution in [0.3, 0.4) is 0 Å². The average molecular weight is 374 g/mol. The summed E-state index contributed by atoms with van der Waals surface area (Å²) >= 11 is 3.20. The molecule has 0 radical (unpaired) electrons. The van der Waals surface area contributed by atoms with Gasteiger partial charge in [-0.2, -0.15) is 0 Å². The lowest BCUT2D eigenvalue weighted by molar-refractivity contribution is 0.0811. The summed E-state index contributed by atoms with van der Waals surface area (Å²) in [6, 6.07) is 9.93. The fourth-order valence-corrected chi connectivity index (χ4v) is 4.52. The van der Waals surface area contributed by atoms with Gasteiger partial charge in [0.2, 0.25) is 0 Å². The van der Waals surface area contributed by atoms with Crippen LogP contribution in [0, 0.1) is 5.92 Å². The molecular weight excluding hydrogens is 350 g/mol. The predicted octanol–water partition coefficient (Wildman–Crippen LogP) is 4.77. The second-order valence-corrected chi connectivity index (χ2v) is 8.33. The van der Waals surface area contributed by atoms with Crippen LogP contribution in [0.15, 0.2) is 40.6 Å². The van der Waals surface area contributed by atoms with Crippen molar-refractivity contribution in [2.24, 2.45) is 5.92 Å². The molecule has 1 aliphatic rings. The van der Waals surface area contributed by atoms with E-state index in [1.165, 1.54) is 21.8 Å². The summed E-state index contributed by atoms with van der Waals surface area (Å²) < 4.78 is 0. The number of hydrogen-bond acceptors (Lipinski definition) is 5. The average Bonchev–Trinajstić information content (AvgIpc) is 3.10. The third-order valence-corrected chi connectivity index (χ3v) is 6.48. The van der Waals surface area contributed by atoms with Crippen molar-refractivity contribution in [1.29, 1.82) is 0 Å². The molecule has 1 aromatic heterocycles. The summed E-state index contributed by atoms with van der Waals surface area (Å²) in [7, 11) is 0. The first-order chi connectivity index (χ1) is 12.1. The lowest BCUT2D eigenvalue weighted by Gasteiger charge is -2.31. The molecule has 2 heterocycles. The van der Waals surface area contributed by atoms with E-state index in [-0.39, 0.29) is 17.5 Å². The molecule has 1 saturated heterocycles. The van der Waals surface area contributed by atoms with Crippen LogP contribution in [0.1, 0.15) is 45.4 Å². The molecule has 0 spiro atoms. The first-order valence-corrected chi connectivity index (χ1v) is 10.7. The van der Waals surface area contributed by atoms with Gasteiger partial charge >= 0.3 is 0 Å². The zero-order valence-corrected chi connectivity index (χ0v) is 16.3. The number of carbonyl (C=O) groups is 2. The maximum Gasteiger partial charge on any atom is 0.169 e. The zero-order chi connectivity index (χ0) is 17.8. The number of nitrogens with zero attached hydrogens (tertiary/aromatic N) is 1. The number of likely N-dealkylation sites (tertiary alicyclic amines) is 1. The molecule has 25 heavy (non-hydrogen) atoms. The van der Waals surface area contributed by atoms with Gasteiger partial charge < -0.3 is 0 Å². The van der Waals surface area contributed by atoms with E-state index in [1.54, 1.807) is 18.7 Å². The van der Waals surface area contributed by atoms with Crippen molar-refractivity contribution < 1.29 is 9.59 Å². The van der Waals surface area contributed by atoms with Gasteiger partial charge in [0.05, 0.1) is 4.88 Å². The van der Waals surface area contributed by atoms with Gasteiger partial charge in [-0.3, -0.25) is 14.5 Å². The van der Waals surface area contributed by atoms with Crippen molar-refractivity contribution in [3.05, 3.63) is 51.7 Å². The van der Waals surface area contributed by atoms with Crippen LogP contribution in [0.4, 0.5) is 0 Å². The summed E-state index contributed by atoms with van der Waals surface area (Å²) in [6.07, 6.45) is 4.04. The van der Waals surface area contributed by atoms with Crippen LogP contribution in [0.2, 0.25) is 0 Å². The highest BCUT2D eigenvalue weighted by molar-refractivity contribution is 7.98. The molecule has 0 unspecified atom stereocenters. The van der Waals surface area contributed by atoms with Gasteiger partial charge in [0.25, 0.3) is 0 Å². The number of ketones is 2. The van der Waals surface area contributed by atoms with Crippen molar-refractivity contribution in [2.45, 2.75) is 31.2 Å². The number of rotatable bonds is 6. The molecule has 132 valence electrons. The molecule has 0 saturated carbocycles. The molecule has 0 N–H and O–H groups in total. The Morgan fingerprint density at radius 2 is 2.04 bits per heavy atom. The van der Waals surface area contributed by atoms with E-state index in [1.807, 2.05) is 36.6 Å². The van der Waals surface area contributed by atoms with Gasteiger partial charge in [-0.25, -0.2) is 0 Å². The smallest absolute Gasteiger partial charge is 0.169 e. The fourth-order valence-electron chi connectivity index (χ4n) is 3.31. The SMILES string of the molecule is CSc1ccc(C(=O)[C@@H]2CCCN(Cc3csc(C(C)=O)c3)C2)cc1. The number of hydrogen-bond donors (Lipinski definition) is 0. The van der Waals surface area contributed by atoms with Crippen molar-refractivity contribution in [3.8, 4) is 0 Å². The summed E-state index contributed by atoms with van der Waals surface area (Å²) in [6.45, 7) is 4.24. The zero-order valence-electron chi connectivity index (χ0n) is 14.7. The van der Waals surface area contributed by atoms with Crippen LogP contribution >= 0.6 is 23.1 Å². The van der Waals surface area contributed by atoms with E-state index in [9.17, 15) is 9.59 Å². The Hall–Kier alpha value is -1.43. The number of benzene rings is 1. The summed E-state index contributed by atoms with van der Waals surface area (Å²) in [5.41, 5.74) is 1.99. The number of thioether (sulfide) groups is 1. The Kier molecular flexibility index (Phi) is 6.10. The third kappa shape index (κ3) is 4.60. The maximum atomic E-state index is 12.8. The summed E-state index contributed by atoms with van der Waals surface area (Å²) in [5.74, 6) is 0.448. The molecule has 0 bridgehead atoms. The molecule has 3 nitrogen and oxygen atoms in total. The number of thiophene rings is 1. The molecule has 3 rings (SSSR count). The molecule has 1 aromatic carbocycles. The van der Waals surface area contributed by atoms with E-state index in [4.69, 9.17) is 0 Å². The molecular formula is C20H23NO2S2. The lowest BCUT2D eigenvalue weighted by atomic mass is 9.90. The van der Waals surface area contributed by atoms with Crippen molar-refractivity contribution in [2.75, 3.05) is 19.3 Å². The molecule has 1 atom stereocenters. The van der Waals surface area contributed by atoms with Gasteiger partial charge in [0.1, 0.15) is 0 Å². The van der Waals surface area contributed by atoms with Crippen molar-refractivity contribution in [1.82, 2.24) is 4.90 Å². The van der Waals surface area contributed by atoms with Crippen molar-refractivity contribution >= 4 is 34.7 Å². The summed E-state index contributed by atoms with van der Waals surface area (Å²) in [5, 5.41) is 2.06. The maximum absolute atomic E-state index is 12.8. The van der Waals surface area contributed by atoms with Gasteiger partial charge in [-0.05, 0) is 61.7 Å². The second kappa shape index (κ2) is 8.30. The van der Waals surface area contributed by atoms with E-state index >= 15 is 0 Å². The Morgan fingerprint density at radius 3 is 2.68 bits per heavy atom. The topological polar surface area (TPSA) is 37.4 Å². The Balaban J connectivity index is 1.63. The molecule has 2 aromatic rings. The van der Waals surface area contributed by atoms with Crippen LogP contribution in [-0.4, -0.2) is 35.8 Å². The van der Waals surface area contributed by atoms with Gasteiger partial charge in [0, 0.05) is 29.5 Å². The molecule has 5 heteroatoms. The fraction of sp³-hybridized carbons (Fsp3) is 0.400. The molecule has 1 fully saturated rings. The third-order valence-electron chi connectivity index (χ3n) is 4.66. The van der Waals surface area contributed by atoms with Gasteiger partial charge in [-0.1, -0.05) is 12.1 Å².